The smallest absolute Gasteiger partial charge is 0.253 e. The maximum atomic E-state index is 13.6. The van der Waals surface area contributed by atoms with Gasteiger partial charge in [0, 0.05) is 38.4 Å². The van der Waals surface area contributed by atoms with Gasteiger partial charge in [0.2, 0.25) is 5.91 Å². The lowest BCUT2D eigenvalue weighted by molar-refractivity contribution is -0.133. The fraction of sp³-hybridized carbons (Fsp3) is 0.345. The van der Waals surface area contributed by atoms with E-state index in [2.05, 4.69) is 39.5 Å². The number of pyridine rings is 1. The molecule has 35 heavy (non-hydrogen) atoms. The molecule has 2 heterocycles. The van der Waals surface area contributed by atoms with Crippen molar-refractivity contribution < 1.29 is 9.59 Å². The Morgan fingerprint density at radius 1 is 0.857 bits per heavy atom. The fourth-order valence-electron chi connectivity index (χ4n) is 4.58. The molecule has 3 aromatic rings. The average molecular weight is 471 g/mol. The first-order valence-electron chi connectivity index (χ1n) is 12.5. The van der Waals surface area contributed by atoms with Crippen molar-refractivity contribution in [2.75, 3.05) is 32.7 Å². The van der Waals surface area contributed by atoms with Crippen molar-refractivity contribution in [1.29, 1.82) is 0 Å². The van der Waals surface area contributed by atoms with E-state index < -0.39 is 6.04 Å². The zero-order valence-corrected chi connectivity index (χ0v) is 20.2. The normalized spacial score (nSPS) is 15.3. The van der Waals surface area contributed by atoms with E-state index in [1.54, 1.807) is 18.3 Å². The molecule has 4 rings (SSSR count). The van der Waals surface area contributed by atoms with Gasteiger partial charge < -0.3 is 15.1 Å². The fourth-order valence-corrected chi connectivity index (χ4v) is 4.58. The SMILES string of the molecule is O=C(NC(Cc1ccccc1)C(=O)N1CCCN(CCCc2ccccc2)CC1)c1cccnc1. The van der Waals surface area contributed by atoms with E-state index in [1.165, 1.54) is 11.8 Å². The molecule has 2 amide bonds. The third-order valence-corrected chi connectivity index (χ3v) is 6.49. The molecule has 0 aliphatic carbocycles. The predicted molar refractivity (Wildman–Crippen MR) is 138 cm³/mol. The molecule has 2 aromatic carbocycles. The Morgan fingerprint density at radius 3 is 2.31 bits per heavy atom. The van der Waals surface area contributed by atoms with Gasteiger partial charge in [-0.25, -0.2) is 0 Å². The van der Waals surface area contributed by atoms with E-state index in [1.807, 2.05) is 41.3 Å². The lowest BCUT2D eigenvalue weighted by Crippen LogP contribution is -2.50. The van der Waals surface area contributed by atoms with E-state index in [0.29, 0.717) is 25.1 Å². The Bertz CT molecular complexity index is 1060. The summed E-state index contributed by atoms with van der Waals surface area (Å²) >= 11 is 0. The molecular formula is C29H34N4O2. The first-order valence-corrected chi connectivity index (χ1v) is 12.5. The van der Waals surface area contributed by atoms with Crippen LogP contribution in [0.4, 0.5) is 0 Å². The summed E-state index contributed by atoms with van der Waals surface area (Å²) in [7, 11) is 0. The third kappa shape index (κ3) is 7.49. The maximum Gasteiger partial charge on any atom is 0.253 e. The van der Waals surface area contributed by atoms with Crippen LogP contribution in [-0.4, -0.2) is 65.4 Å². The minimum atomic E-state index is -0.616. The Hall–Kier alpha value is -3.51. The lowest BCUT2D eigenvalue weighted by Gasteiger charge is -2.27. The monoisotopic (exact) mass is 470 g/mol. The van der Waals surface area contributed by atoms with E-state index in [0.717, 1.165) is 44.5 Å². The molecule has 0 bridgehead atoms. The molecule has 1 atom stereocenters. The van der Waals surface area contributed by atoms with Crippen molar-refractivity contribution in [3.8, 4) is 0 Å². The highest BCUT2D eigenvalue weighted by molar-refractivity contribution is 5.97. The minimum Gasteiger partial charge on any atom is -0.340 e. The number of amides is 2. The van der Waals surface area contributed by atoms with Crippen LogP contribution in [0.15, 0.2) is 85.2 Å². The van der Waals surface area contributed by atoms with Gasteiger partial charge in [-0.05, 0) is 55.6 Å². The zero-order chi connectivity index (χ0) is 24.3. The molecule has 1 saturated heterocycles. The number of aromatic nitrogens is 1. The van der Waals surface area contributed by atoms with Gasteiger partial charge in [0.1, 0.15) is 6.04 Å². The third-order valence-electron chi connectivity index (χ3n) is 6.49. The summed E-state index contributed by atoms with van der Waals surface area (Å²) in [6, 6.07) is 23.3. The quantitative estimate of drug-likeness (QED) is 0.519. The number of hydrogen-bond acceptors (Lipinski definition) is 4. The summed E-state index contributed by atoms with van der Waals surface area (Å²) in [6.45, 7) is 4.27. The summed E-state index contributed by atoms with van der Waals surface area (Å²) in [6.07, 6.45) is 6.73. The topological polar surface area (TPSA) is 65.5 Å². The molecule has 6 nitrogen and oxygen atoms in total. The van der Waals surface area contributed by atoms with Gasteiger partial charge in [0.05, 0.1) is 5.56 Å². The van der Waals surface area contributed by atoms with Crippen molar-refractivity contribution in [2.24, 2.45) is 0 Å². The number of carbonyl (C=O) groups excluding carboxylic acids is 2. The van der Waals surface area contributed by atoms with Crippen LogP contribution in [0.1, 0.15) is 34.3 Å². The Morgan fingerprint density at radius 2 is 1.60 bits per heavy atom. The second-order valence-corrected chi connectivity index (χ2v) is 9.07. The van der Waals surface area contributed by atoms with Crippen LogP contribution in [0, 0.1) is 0 Å². The van der Waals surface area contributed by atoms with Gasteiger partial charge in [0.25, 0.3) is 5.91 Å². The molecule has 1 aliphatic rings. The number of nitrogens with zero attached hydrogens (tertiary/aromatic N) is 3. The molecule has 1 fully saturated rings. The highest BCUT2D eigenvalue weighted by Gasteiger charge is 2.28. The second-order valence-electron chi connectivity index (χ2n) is 9.07. The summed E-state index contributed by atoms with van der Waals surface area (Å²) in [5.74, 6) is -0.290. The summed E-state index contributed by atoms with van der Waals surface area (Å²) < 4.78 is 0. The van der Waals surface area contributed by atoms with Crippen molar-refractivity contribution in [3.05, 3.63) is 102 Å². The Balaban J connectivity index is 1.36. The van der Waals surface area contributed by atoms with Crippen LogP contribution in [0.5, 0.6) is 0 Å². The lowest BCUT2D eigenvalue weighted by atomic mass is 10.0. The van der Waals surface area contributed by atoms with Gasteiger partial charge in [-0.15, -0.1) is 0 Å². The molecule has 182 valence electrons. The molecule has 1 aliphatic heterocycles. The highest BCUT2D eigenvalue weighted by atomic mass is 16.2. The van der Waals surface area contributed by atoms with Crippen molar-refractivity contribution in [2.45, 2.75) is 31.7 Å². The molecule has 1 N–H and O–H groups in total. The van der Waals surface area contributed by atoms with Crippen LogP contribution in [0.25, 0.3) is 0 Å². The van der Waals surface area contributed by atoms with Crippen molar-refractivity contribution in [3.63, 3.8) is 0 Å². The second kappa shape index (κ2) is 12.8. The van der Waals surface area contributed by atoms with Crippen LogP contribution < -0.4 is 5.32 Å². The summed E-state index contributed by atoms with van der Waals surface area (Å²) in [4.78, 5) is 34.9. The summed E-state index contributed by atoms with van der Waals surface area (Å²) in [5, 5.41) is 2.98. The van der Waals surface area contributed by atoms with Gasteiger partial charge in [0.15, 0.2) is 0 Å². The van der Waals surface area contributed by atoms with E-state index in [-0.39, 0.29) is 11.8 Å². The van der Waals surface area contributed by atoms with Gasteiger partial charge >= 0.3 is 0 Å². The Kier molecular flexibility index (Phi) is 9.01. The molecule has 1 aromatic heterocycles. The van der Waals surface area contributed by atoms with E-state index in [4.69, 9.17) is 0 Å². The maximum absolute atomic E-state index is 13.6. The van der Waals surface area contributed by atoms with Gasteiger partial charge in [-0.3, -0.25) is 14.6 Å². The van der Waals surface area contributed by atoms with Gasteiger partial charge in [-0.2, -0.15) is 0 Å². The number of aryl methyl sites for hydroxylation is 1. The molecule has 1 unspecified atom stereocenters. The van der Waals surface area contributed by atoms with Gasteiger partial charge in [-0.1, -0.05) is 60.7 Å². The number of nitrogens with one attached hydrogen (secondary N) is 1. The first-order chi connectivity index (χ1) is 17.2. The number of rotatable bonds is 9. The first kappa shape index (κ1) is 24.6. The predicted octanol–water partition coefficient (Wildman–Crippen LogP) is 3.59. The largest absolute Gasteiger partial charge is 0.340 e. The summed E-state index contributed by atoms with van der Waals surface area (Å²) in [5.41, 5.74) is 2.85. The van der Waals surface area contributed by atoms with Crippen molar-refractivity contribution >= 4 is 11.8 Å². The molecule has 0 spiro atoms. The van der Waals surface area contributed by atoms with Crippen molar-refractivity contribution in [1.82, 2.24) is 20.1 Å². The number of carbonyl (C=O) groups is 2. The Labute approximate surface area is 208 Å². The average Bonchev–Trinajstić information content (AvgIpc) is 3.15. The number of hydrogen-bond donors (Lipinski definition) is 1. The van der Waals surface area contributed by atoms with E-state index >= 15 is 0 Å². The minimum absolute atomic E-state index is 0.0165. The standard InChI is InChI=1S/C29H34N4O2/c34-28(26-15-7-16-30-23-26)31-27(22-25-12-5-2-6-13-25)29(35)33-19-9-18-32(20-21-33)17-8-14-24-10-3-1-4-11-24/h1-7,10-13,15-16,23,27H,8-9,14,17-22H2,(H,31,34). The number of benzene rings is 2. The zero-order valence-electron chi connectivity index (χ0n) is 20.2. The molecule has 0 radical (unpaired) electrons. The molecule has 6 heteroatoms. The van der Waals surface area contributed by atoms with Crippen LogP contribution in [-0.2, 0) is 17.6 Å². The van der Waals surface area contributed by atoms with E-state index in [9.17, 15) is 9.59 Å². The highest BCUT2D eigenvalue weighted by Crippen LogP contribution is 2.12. The molecule has 0 saturated carbocycles. The molecular weight excluding hydrogens is 436 g/mol. The van der Waals surface area contributed by atoms with Crippen LogP contribution in [0.3, 0.4) is 0 Å². The van der Waals surface area contributed by atoms with Crippen LogP contribution >= 0.6 is 0 Å². The van der Waals surface area contributed by atoms with Crippen LogP contribution in [0.2, 0.25) is 0 Å².